The molecular weight excluding hydrogens is 360 g/mol. The van der Waals surface area contributed by atoms with Crippen LogP contribution in [0.1, 0.15) is 23.6 Å². The Morgan fingerprint density at radius 3 is 2.67 bits per heavy atom. The predicted octanol–water partition coefficient (Wildman–Crippen LogP) is 3.15. The number of hydrogen-bond acceptors (Lipinski definition) is 3. The van der Waals surface area contributed by atoms with Crippen molar-refractivity contribution in [3.63, 3.8) is 0 Å². The number of anilines is 1. The summed E-state index contributed by atoms with van der Waals surface area (Å²) in [6, 6.07) is 18.7. The quantitative estimate of drug-likeness (QED) is 0.761. The van der Waals surface area contributed by atoms with Crippen molar-refractivity contribution in [3.8, 4) is 0 Å². The van der Waals surface area contributed by atoms with Crippen LogP contribution in [0, 0.1) is 0 Å². The molecule has 1 amide bonds. The Morgan fingerprint density at radius 1 is 1.04 bits per heavy atom. The molecule has 3 aromatic rings. The highest BCUT2D eigenvalue weighted by Crippen LogP contribution is 2.41. The van der Waals surface area contributed by atoms with Gasteiger partial charge in [-0.25, -0.2) is 8.42 Å². The van der Waals surface area contributed by atoms with Crippen molar-refractivity contribution in [1.29, 1.82) is 0 Å². The van der Waals surface area contributed by atoms with Crippen molar-refractivity contribution in [2.75, 3.05) is 10.8 Å². The van der Waals surface area contributed by atoms with Crippen LogP contribution < -0.4 is 9.62 Å². The van der Waals surface area contributed by atoms with E-state index in [0.717, 1.165) is 23.8 Å². The van der Waals surface area contributed by atoms with Gasteiger partial charge in [0.15, 0.2) is 0 Å². The van der Waals surface area contributed by atoms with E-state index in [1.807, 2.05) is 36.4 Å². The van der Waals surface area contributed by atoms with Gasteiger partial charge in [-0.15, -0.1) is 0 Å². The molecule has 0 saturated carbocycles. The molecule has 27 heavy (non-hydrogen) atoms. The molecule has 5 rings (SSSR count). The number of fused-ring (bicyclic) bond motifs is 1. The van der Waals surface area contributed by atoms with Crippen molar-refractivity contribution in [2.45, 2.75) is 23.8 Å². The van der Waals surface area contributed by atoms with E-state index in [-0.39, 0.29) is 23.4 Å². The van der Waals surface area contributed by atoms with Crippen LogP contribution in [0.15, 0.2) is 65.6 Å². The summed E-state index contributed by atoms with van der Waals surface area (Å²) in [5.41, 5.74) is 2.94. The van der Waals surface area contributed by atoms with Gasteiger partial charge in [0.1, 0.15) is 6.54 Å². The normalized spacial score (nSPS) is 19.3. The first kappa shape index (κ1) is 16.3. The number of nitrogens with zero attached hydrogens (tertiary/aromatic N) is 1. The summed E-state index contributed by atoms with van der Waals surface area (Å²) >= 11 is 0. The van der Waals surface area contributed by atoms with Gasteiger partial charge in [0.25, 0.3) is 10.0 Å². The van der Waals surface area contributed by atoms with E-state index in [9.17, 15) is 13.2 Å². The lowest BCUT2D eigenvalue weighted by Gasteiger charge is -2.20. The Hall–Kier alpha value is -2.86. The number of carbonyl (C=O) groups excluding carboxylic acids is 1. The van der Waals surface area contributed by atoms with Gasteiger partial charge in [0.2, 0.25) is 5.91 Å². The zero-order valence-electron chi connectivity index (χ0n) is 14.6. The largest absolute Gasteiger partial charge is 0.348 e. The van der Waals surface area contributed by atoms with Crippen LogP contribution in [0.3, 0.4) is 0 Å². The summed E-state index contributed by atoms with van der Waals surface area (Å²) in [7, 11) is -3.72. The maximum atomic E-state index is 13.0. The fourth-order valence-corrected chi connectivity index (χ4v) is 5.87. The SMILES string of the molecule is O=C(CN1c2cccc3cccc(c23)S1(=O)=O)NC1CCc2ccccc21. The number of aryl methyl sites for hydroxylation is 1. The van der Waals surface area contributed by atoms with Crippen LogP contribution in [0.4, 0.5) is 5.69 Å². The fourth-order valence-electron chi connectivity index (χ4n) is 4.21. The number of benzene rings is 3. The molecule has 1 aliphatic heterocycles. The first-order valence-electron chi connectivity index (χ1n) is 8.97. The third kappa shape index (κ3) is 2.44. The van der Waals surface area contributed by atoms with Crippen LogP contribution in [0.25, 0.3) is 10.8 Å². The standard InChI is InChI=1S/C21H18N2O3S/c24-20(22-17-12-11-14-5-1-2-8-16(14)17)13-23-18-9-3-6-15-7-4-10-19(21(15)18)27(23,25)26/h1-10,17H,11-13H2,(H,22,24). The second-order valence-corrected chi connectivity index (χ2v) is 8.83. The molecule has 1 N–H and O–H groups in total. The minimum atomic E-state index is -3.72. The molecule has 1 heterocycles. The fraction of sp³-hybridized carbons (Fsp3) is 0.190. The molecule has 3 aromatic carbocycles. The van der Waals surface area contributed by atoms with E-state index in [1.54, 1.807) is 18.2 Å². The van der Waals surface area contributed by atoms with Crippen molar-refractivity contribution in [2.24, 2.45) is 0 Å². The number of carbonyl (C=O) groups is 1. The second-order valence-electron chi connectivity index (χ2n) is 7.00. The Balaban J connectivity index is 1.44. The summed E-state index contributed by atoms with van der Waals surface area (Å²) < 4.78 is 27.2. The van der Waals surface area contributed by atoms with Gasteiger partial charge in [-0.2, -0.15) is 0 Å². The first-order chi connectivity index (χ1) is 13.1. The molecule has 5 nitrogen and oxygen atoms in total. The van der Waals surface area contributed by atoms with Gasteiger partial charge in [0, 0.05) is 5.39 Å². The summed E-state index contributed by atoms with van der Waals surface area (Å²) in [5.74, 6) is -0.287. The lowest BCUT2D eigenvalue weighted by atomic mass is 10.1. The monoisotopic (exact) mass is 378 g/mol. The van der Waals surface area contributed by atoms with E-state index in [2.05, 4.69) is 11.4 Å². The molecule has 6 heteroatoms. The van der Waals surface area contributed by atoms with E-state index < -0.39 is 10.0 Å². The third-order valence-electron chi connectivity index (χ3n) is 5.44. The number of sulfonamides is 1. The molecule has 0 bridgehead atoms. The summed E-state index contributed by atoms with van der Waals surface area (Å²) in [4.78, 5) is 13.0. The minimum Gasteiger partial charge on any atom is -0.348 e. The van der Waals surface area contributed by atoms with Crippen LogP contribution in [0.5, 0.6) is 0 Å². The maximum absolute atomic E-state index is 13.0. The zero-order chi connectivity index (χ0) is 18.6. The van der Waals surface area contributed by atoms with Crippen molar-refractivity contribution < 1.29 is 13.2 Å². The lowest BCUT2D eigenvalue weighted by molar-refractivity contribution is -0.120. The van der Waals surface area contributed by atoms with E-state index in [1.165, 1.54) is 9.87 Å². The predicted molar refractivity (Wildman–Crippen MR) is 104 cm³/mol. The molecule has 0 aromatic heterocycles. The number of rotatable bonds is 3. The van der Waals surface area contributed by atoms with Crippen LogP contribution in [0.2, 0.25) is 0 Å². The molecule has 0 saturated heterocycles. The molecule has 1 aliphatic carbocycles. The average Bonchev–Trinajstić information content (AvgIpc) is 3.16. The van der Waals surface area contributed by atoms with E-state index >= 15 is 0 Å². The van der Waals surface area contributed by atoms with Gasteiger partial charge < -0.3 is 5.32 Å². The summed E-state index contributed by atoms with van der Waals surface area (Å²) in [6.45, 7) is -0.213. The summed E-state index contributed by atoms with van der Waals surface area (Å²) in [6.07, 6.45) is 1.77. The number of hydrogen-bond donors (Lipinski definition) is 1. The molecule has 0 radical (unpaired) electrons. The van der Waals surface area contributed by atoms with Crippen LogP contribution in [-0.2, 0) is 21.2 Å². The van der Waals surface area contributed by atoms with Gasteiger partial charge in [0.05, 0.1) is 16.6 Å². The Labute approximate surface area is 157 Å². The third-order valence-corrected chi connectivity index (χ3v) is 7.24. The van der Waals surface area contributed by atoms with Crippen molar-refractivity contribution in [1.82, 2.24) is 5.32 Å². The number of nitrogens with one attached hydrogen (secondary N) is 1. The highest BCUT2D eigenvalue weighted by atomic mass is 32.2. The Kier molecular flexibility index (Phi) is 3.52. The topological polar surface area (TPSA) is 66.5 Å². The maximum Gasteiger partial charge on any atom is 0.265 e. The highest BCUT2D eigenvalue weighted by Gasteiger charge is 2.37. The zero-order valence-corrected chi connectivity index (χ0v) is 15.4. The molecule has 1 atom stereocenters. The van der Waals surface area contributed by atoms with Gasteiger partial charge in [-0.3, -0.25) is 9.10 Å². The first-order valence-corrected chi connectivity index (χ1v) is 10.4. The molecule has 0 fully saturated rings. The minimum absolute atomic E-state index is 0.0582. The van der Waals surface area contributed by atoms with Gasteiger partial charge in [-0.05, 0) is 41.5 Å². The molecule has 136 valence electrons. The highest BCUT2D eigenvalue weighted by molar-refractivity contribution is 7.93. The van der Waals surface area contributed by atoms with Crippen molar-refractivity contribution >= 4 is 32.4 Å². The molecular formula is C21H18N2O3S. The van der Waals surface area contributed by atoms with E-state index in [0.29, 0.717) is 11.1 Å². The second kappa shape index (κ2) is 5.82. The molecule has 0 spiro atoms. The van der Waals surface area contributed by atoms with Gasteiger partial charge in [-0.1, -0.05) is 48.5 Å². The smallest absolute Gasteiger partial charge is 0.265 e. The Bertz CT molecular complexity index is 1180. The lowest BCUT2D eigenvalue weighted by Crippen LogP contribution is -2.40. The Morgan fingerprint density at radius 2 is 1.81 bits per heavy atom. The van der Waals surface area contributed by atoms with Gasteiger partial charge >= 0.3 is 0 Å². The van der Waals surface area contributed by atoms with Crippen molar-refractivity contribution in [3.05, 3.63) is 71.8 Å². The van der Waals surface area contributed by atoms with Crippen LogP contribution in [-0.4, -0.2) is 20.9 Å². The van der Waals surface area contributed by atoms with Crippen LogP contribution >= 0.6 is 0 Å². The molecule has 1 unspecified atom stereocenters. The molecule has 2 aliphatic rings. The average molecular weight is 378 g/mol. The van der Waals surface area contributed by atoms with E-state index in [4.69, 9.17) is 0 Å². The number of amides is 1. The summed E-state index contributed by atoms with van der Waals surface area (Å²) in [5, 5.41) is 4.57.